The molecular formula is C9H14ClN3O. The number of hydrogen-bond donors (Lipinski definition) is 1. The zero-order valence-corrected chi connectivity index (χ0v) is 8.87. The number of imidazole rings is 1. The summed E-state index contributed by atoms with van der Waals surface area (Å²) in [5, 5.41) is 3.32. The van der Waals surface area contributed by atoms with E-state index in [1.807, 2.05) is 10.8 Å². The second kappa shape index (κ2) is 4.19. The number of ether oxygens (including phenoxy) is 1. The fourth-order valence-electron chi connectivity index (χ4n) is 1.53. The van der Waals surface area contributed by atoms with Gasteiger partial charge in [0.2, 0.25) is 5.95 Å². The highest BCUT2D eigenvalue weighted by atomic mass is 35.5. The predicted molar refractivity (Wildman–Crippen MR) is 55.8 cm³/mol. The first-order valence-electron chi connectivity index (χ1n) is 4.80. The van der Waals surface area contributed by atoms with Crippen molar-refractivity contribution in [2.24, 2.45) is 0 Å². The number of nitrogens with one attached hydrogen (secondary N) is 1. The summed E-state index contributed by atoms with van der Waals surface area (Å²) in [7, 11) is 0. The fraction of sp³-hybridized carbons (Fsp3) is 0.667. The number of aryl methyl sites for hydroxylation is 1. The topological polar surface area (TPSA) is 39.1 Å². The SMILES string of the molecule is CCn1ccnc1NC1COCC1Cl. The van der Waals surface area contributed by atoms with Crippen LogP contribution < -0.4 is 5.32 Å². The quantitative estimate of drug-likeness (QED) is 0.774. The Morgan fingerprint density at radius 3 is 3.21 bits per heavy atom. The van der Waals surface area contributed by atoms with Gasteiger partial charge in [-0.25, -0.2) is 4.98 Å². The maximum atomic E-state index is 6.07. The van der Waals surface area contributed by atoms with E-state index in [0.29, 0.717) is 13.2 Å². The maximum Gasteiger partial charge on any atom is 0.203 e. The van der Waals surface area contributed by atoms with Crippen molar-refractivity contribution in [3.63, 3.8) is 0 Å². The number of halogens is 1. The van der Waals surface area contributed by atoms with Gasteiger partial charge in [-0.05, 0) is 6.92 Å². The first-order valence-corrected chi connectivity index (χ1v) is 5.24. The molecule has 0 aliphatic carbocycles. The standard InChI is InChI=1S/C9H14ClN3O/c1-2-13-4-3-11-9(13)12-8-6-14-5-7(8)10/h3-4,7-8H,2,5-6H2,1H3,(H,11,12). The van der Waals surface area contributed by atoms with Crippen molar-refractivity contribution in [3.05, 3.63) is 12.4 Å². The predicted octanol–water partition coefficient (Wildman–Crippen LogP) is 1.32. The molecule has 78 valence electrons. The van der Waals surface area contributed by atoms with E-state index in [9.17, 15) is 0 Å². The summed E-state index contributed by atoms with van der Waals surface area (Å²) in [5.74, 6) is 0.869. The van der Waals surface area contributed by atoms with Crippen molar-refractivity contribution in [1.82, 2.24) is 9.55 Å². The Balaban J connectivity index is 2.02. The van der Waals surface area contributed by atoms with Crippen LogP contribution in [0.5, 0.6) is 0 Å². The summed E-state index contributed by atoms with van der Waals surface area (Å²) in [6.45, 7) is 4.26. The summed E-state index contributed by atoms with van der Waals surface area (Å²) < 4.78 is 7.30. The summed E-state index contributed by atoms with van der Waals surface area (Å²) in [5.41, 5.74) is 0. The van der Waals surface area contributed by atoms with Gasteiger partial charge in [-0.1, -0.05) is 0 Å². The van der Waals surface area contributed by atoms with Crippen LogP contribution in [0.4, 0.5) is 5.95 Å². The second-order valence-corrected chi connectivity index (χ2v) is 3.90. The number of aromatic nitrogens is 2. The van der Waals surface area contributed by atoms with Gasteiger partial charge >= 0.3 is 0 Å². The van der Waals surface area contributed by atoms with E-state index in [1.165, 1.54) is 0 Å². The lowest BCUT2D eigenvalue weighted by Gasteiger charge is -2.15. The fourth-order valence-corrected chi connectivity index (χ4v) is 1.76. The van der Waals surface area contributed by atoms with E-state index >= 15 is 0 Å². The van der Waals surface area contributed by atoms with Crippen LogP contribution in [0.2, 0.25) is 0 Å². The molecule has 2 heterocycles. The van der Waals surface area contributed by atoms with Crippen LogP contribution in [-0.2, 0) is 11.3 Å². The highest BCUT2D eigenvalue weighted by Gasteiger charge is 2.26. The molecule has 4 nitrogen and oxygen atoms in total. The molecule has 0 amide bonds. The lowest BCUT2D eigenvalue weighted by atomic mass is 10.2. The van der Waals surface area contributed by atoms with Crippen LogP contribution in [0.15, 0.2) is 12.4 Å². The third-order valence-electron chi connectivity index (χ3n) is 2.38. The Morgan fingerprint density at radius 2 is 2.57 bits per heavy atom. The van der Waals surface area contributed by atoms with Crippen molar-refractivity contribution in [1.29, 1.82) is 0 Å². The van der Waals surface area contributed by atoms with Crippen LogP contribution in [-0.4, -0.2) is 34.2 Å². The van der Waals surface area contributed by atoms with Gasteiger partial charge in [0, 0.05) is 18.9 Å². The van der Waals surface area contributed by atoms with Gasteiger partial charge in [0.15, 0.2) is 0 Å². The minimum Gasteiger partial charge on any atom is -0.378 e. The minimum absolute atomic E-state index is 0.0389. The lowest BCUT2D eigenvalue weighted by Crippen LogP contribution is -2.29. The third-order valence-corrected chi connectivity index (χ3v) is 2.81. The van der Waals surface area contributed by atoms with Gasteiger partial charge in [-0.15, -0.1) is 11.6 Å². The molecule has 2 atom stereocenters. The molecule has 0 aromatic carbocycles. The van der Waals surface area contributed by atoms with Gasteiger partial charge in [-0.2, -0.15) is 0 Å². The van der Waals surface area contributed by atoms with Crippen LogP contribution in [0.3, 0.4) is 0 Å². The molecule has 14 heavy (non-hydrogen) atoms. The average Bonchev–Trinajstić information content (AvgIpc) is 2.77. The van der Waals surface area contributed by atoms with Crippen molar-refractivity contribution in [2.75, 3.05) is 18.5 Å². The molecule has 5 heteroatoms. The Labute approximate surface area is 88.2 Å². The Bertz CT molecular complexity index is 302. The normalized spacial score (nSPS) is 26.7. The Hall–Kier alpha value is -0.740. The van der Waals surface area contributed by atoms with Crippen molar-refractivity contribution in [3.8, 4) is 0 Å². The van der Waals surface area contributed by atoms with Crippen LogP contribution in [0.25, 0.3) is 0 Å². The molecule has 2 unspecified atom stereocenters. The molecule has 1 N–H and O–H groups in total. The highest BCUT2D eigenvalue weighted by Crippen LogP contribution is 2.16. The Kier molecular flexibility index (Phi) is 2.93. The van der Waals surface area contributed by atoms with Crippen LogP contribution in [0.1, 0.15) is 6.92 Å². The summed E-state index contributed by atoms with van der Waals surface area (Å²) in [4.78, 5) is 4.22. The first-order chi connectivity index (χ1) is 6.81. The average molecular weight is 216 g/mol. The largest absolute Gasteiger partial charge is 0.378 e. The number of anilines is 1. The van der Waals surface area contributed by atoms with E-state index in [0.717, 1.165) is 12.5 Å². The molecule has 1 fully saturated rings. The van der Waals surface area contributed by atoms with Crippen molar-refractivity contribution >= 4 is 17.5 Å². The first kappa shape index (κ1) is 9.80. The molecule has 0 radical (unpaired) electrons. The van der Waals surface area contributed by atoms with Gasteiger partial charge < -0.3 is 14.6 Å². The van der Waals surface area contributed by atoms with Gasteiger partial charge in [0.05, 0.1) is 24.6 Å². The monoisotopic (exact) mass is 215 g/mol. The summed E-state index contributed by atoms with van der Waals surface area (Å²) in [6, 6.07) is 0.171. The highest BCUT2D eigenvalue weighted by molar-refractivity contribution is 6.21. The number of hydrogen-bond acceptors (Lipinski definition) is 3. The third kappa shape index (κ3) is 1.86. The molecule has 1 aromatic heterocycles. The molecule has 0 spiro atoms. The number of alkyl halides is 1. The van der Waals surface area contributed by atoms with E-state index in [-0.39, 0.29) is 11.4 Å². The minimum atomic E-state index is 0.0389. The van der Waals surface area contributed by atoms with Crippen molar-refractivity contribution in [2.45, 2.75) is 24.9 Å². The van der Waals surface area contributed by atoms with Gasteiger partial charge in [0.25, 0.3) is 0 Å². The molecule has 0 bridgehead atoms. The summed E-state index contributed by atoms with van der Waals surface area (Å²) >= 11 is 6.07. The smallest absolute Gasteiger partial charge is 0.203 e. The number of rotatable bonds is 3. The Morgan fingerprint density at radius 1 is 1.71 bits per heavy atom. The molecule has 1 aliphatic rings. The molecule has 0 saturated carbocycles. The molecule has 1 aliphatic heterocycles. The molecule has 1 aromatic rings. The maximum absolute atomic E-state index is 6.07. The summed E-state index contributed by atoms with van der Waals surface area (Å²) in [6.07, 6.45) is 3.73. The zero-order valence-electron chi connectivity index (χ0n) is 8.11. The molecular weight excluding hydrogens is 202 g/mol. The number of nitrogens with zero attached hydrogens (tertiary/aromatic N) is 2. The van der Waals surface area contributed by atoms with E-state index < -0.39 is 0 Å². The van der Waals surface area contributed by atoms with Crippen LogP contribution >= 0.6 is 11.6 Å². The van der Waals surface area contributed by atoms with Crippen molar-refractivity contribution < 1.29 is 4.74 Å². The van der Waals surface area contributed by atoms with E-state index in [2.05, 4.69) is 17.2 Å². The van der Waals surface area contributed by atoms with E-state index in [4.69, 9.17) is 16.3 Å². The van der Waals surface area contributed by atoms with Crippen LogP contribution in [0, 0.1) is 0 Å². The van der Waals surface area contributed by atoms with E-state index in [1.54, 1.807) is 6.20 Å². The van der Waals surface area contributed by atoms with Gasteiger partial charge in [-0.3, -0.25) is 0 Å². The second-order valence-electron chi connectivity index (χ2n) is 3.34. The molecule has 2 rings (SSSR count). The molecule has 1 saturated heterocycles. The zero-order chi connectivity index (χ0) is 9.97. The van der Waals surface area contributed by atoms with Gasteiger partial charge in [0.1, 0.15) is 0 Å². The lowest BCUT2D eigenvalue weighted by molar-refractivity contribution is 0.196.